The average molecular weight is 290 g/mol. The van der Waals surface area contributed by atoms with Crippen molar-refractivity contribution in [3.63, 3.8) is 0 Å². The van der Waals surface area contributed by atoms with Gasteiger partial charge in [-0.25, -0.2) is 0 Å². The zero-order valence-electron chi connectivity index (χ0n) is 11.6. The second kappa shape index (κ2) is 6.08. The monoisotopic (exact) mass is 290 g/mol. The van der Waals surface area contributed by atoms with Crippen molar-refractivity contribution < 1.29 is 18.7 Å². The fourth-order valence-corrected chi connectivity index (χ4v) is 1.71. The third-order valence-electron chi connectivity index (χ3n) is 2.85. The number of methoxy groups -OCH3 is 1. The van der Waals surface area contributed by atoms with Gasteiger partial charge in [-0.1, -0.05) is 0 Å². The molecule has 2 aromatic rings. The highest BCUT2D eigenvalue weighted by Crippen LogP contribution is 2.19. The van der Waals surface area contributed by atoms with Gasteiger partial charge in [-0.2, -0.15) is 0 Å². The largest absolute Gasteiger partial charge is 0.497 e. The van der Waals surface area contributed by atoms with E-state index in [1.165, 1.54) is 20.2 Å². The maximum Gasteiger partial charge on any atom is 0.287 e. The van der Waals surface area contributed by atoms with E-state index in [9.17, 15) is 14.4 Å². The molecule has 0 saturated carbocycles. The van der Waals surface area contributed by atoms with Crippen LogP contribution in [-0.4, -0.2) is 32.5 Å². The van der Waals surface area contributed by atoms with Crippen LogP contribution >= 0.6 is 0 Å². The van der Waals surface area contributed by atoms with E-state index in [1.807, 2.05) is 0 Å². The van der Waals surface area contributed by atoms with Crippen molar-refractivity contribution in [2.24, 2.45) is 0 Å². The lowest BCUT2D eigenvalue weighted by Crippen LogP contribution is -2.35. The summed E-state index contributed by atoms with van der Waals surface area (Å²) in [5.41, 5.74) is -0.101. The van der Waals surface area contributed by atoms with Crippen LogP contribution in [0.4, 0.5) is 0 Å². The molecule has 0 atom stereocenters. The quantitative estimate of drug-likeness (QED) is 0.842. The predicted octanol–water partition coefficient (Wildman–Crippen LogP) is 0.277. The molecular formula is C14H14N2O5. The molecule has 1 aromatic heterocycles. The minimum absolute atomic E-state index is 0.162. The van der Waals surface area contributed by atoms with E-state index in [0.717, 1.165) is 6.07 Å². The summed E-state index contributed by atoms with van der Waals surface area (Å²) in [5.74, 6) is -0.646. The molecule has 21 heavy (non-hydrogen) atoms. The zero-order chi connectivity index (χ0) is 15.4. The third-order valence-corrected chi connectivity index (χ3v) is 2.85. The summed E-state index contributed by atoms with van der Waals surface area (Å²) in [6.45, 7) is -0.199. The summed E-state index contributed by atoms with van der Waals surface area (Å²) in [4.78, 5) is 34.9. The van der Waals surface area contributed by atoms with Gasteiger partial charge in [0.25, 0.3) is 5.91 Å². The first kappa shape index (κ1) is 14.6. The van der Waals surface area contributed by atoms with Gasteiger partial charge in [0.1, 0.15) is 11.3 Å². The SMILES string of the molecule is CNC(=O)CNC(=O)c1cc(=O)c2ccc(OC)cc2o1. The summed E-state index contributed by atoms with van der Waals surface area (Å²) in [6.07, 6.45) is 0. The summed E-state index contributed by atoms with van der Waals surface area (Å²) in [5, 5.41) is 5.07. The number of hydrogen-bond donors (Lipinski definition) is 2. The Morgan fingerprint density at radius 2 is 2.05 bits per heavy atom. The Hall–Kier alpha value is -2.83. The molecule has 0 aliphatic carbocycles. The van der Waals surface area contributed by atoms with Crippen molar-refractivity contribution in [1.29, 1.82) is 0 Å². The maximum absolute atomic E-state index is 11.9. The van der Waals surface area contributed by atoms with Crippen LogP contribution in [0.1, 0.15) is 10.6 Å². The lowest BCUT2D eigenvalue weighted by molar-refractivity contribution is -0.119. The first-order valence-corrected chi connectivity index (χ1v) is 6.16. The van der Waals surface area contributed by atoms with Crippen LogP contribution in [0.5, 0.6) is 5.75 Å². The van der Waals surface area contributed by atoms with Gasteiger partial charge in [0.15, 0.2) is 11.2 Å². The molecule has 0 spiro atoms. The van der Waals surface area contributed by atoms with Crippen LogP contribution in [0.2, 0.25) is 0 Å². The Bertz CT molecular complexity index is 751. The van der Waals surface area contributed by atoms with Gasteiger partial charge < -0.3 is 19.8 Å². The summed E-state index contributed by atoms with van der Waals surface area (Å²) in [7, 11) is 2.94. The van der Waals surface area contributed by atoms with Crippen molar-refractivity contribution in [3.8, 4) is 5.75 Å². The highest BCUT2D eigenvalue weighted by Gasteiger charge is 2.13. The second-order valence-corrected chi connectivity index (χ2v) is 4.19. The van der Waals surface area contributed by atoms with E-state index in [2.05, 4.69) is 10.6 Å². The number of benzene rings is 1. The van der Waals surface area contributed by atoms with Gasteiger partial charge in [0.05, 0.1) is 19.0 Å². The lowest BCUT2D eigenvalue weighted by Gasteiger charge is -2.05. The Kier molecular flexibility index (Phi) is 4.22. The van der Waals surface area contributed by atoms with Crippen molar-refractivity contribution in [2.75, 3.05) is 20.7 Å². The molecule has 0 radical (unpaired) electrons. The number of hydrogen-bond acceptors (Lipinski definition) is 5. The van der Waals surface area contributed by atoms with Crippen molar-refractivity contribution in [2.45, 2.75) is 0 Å². The standard InChI is InChI=1S/C14H14N2O5/c1-15-13(18)7-16-14(19)12-6-10(17)9-4-3-8(20-2)5-11(9)21-12/h3-6H,7H2,1-2H3,(H,15,18)(H,16,19). The first-order valence-electron chi connectivity index (χ1n) is 6.16. The van der Waals surface area contributed by atoms with E-state index in [-0.39, 0.29) is 29.2 Å². The van der Waals surface area contributed by atoms with Crippen LogP contribution in [0, 0.1) is 0 Å². The molecule has 2 rings (SSSR count). The molecule has 0 saturated heterocycles. The fraction of sp³-hybridized carbons (Fsp3) is 0.214. The smallest absolute Gasteiger partial charge is 0.287 e. The van der Waals surface area contributed by atoms with Gasteiger partial charge in [-0.15, -0.1) is 0 Å². The molecule has 0 fully saturated rings. The minimum Gasteiger partial charge on any atom is -0.497 e. The molecule has 7 heteroatoms. The second-order valence-electron chi connectivity index (χ2n) is 4.19. The Morgan fingerprint density at radius 1 is 1.29 bits per heavy atom. The molecule has 2 amide bonds. The maximum atomic E-state index is 11.9. The topological polar surface area (TPSA) is 97.6 Å². The highest BCUT2D eigenvalue weighted by molar-refractivity contribution is 5.95. The fourth-order valence-electron chi connectivity index (χ4n) is 1.71. The van der Waals surface area contributed by atoms with Crippen LogP contribution in [0.15, 0.2) is 33.5 Å². The van der Waals surface area contributed by atoms with Gasteiger partial charge >= 0.3 is 0 Å². The van der Waals surface area contributed by atoms with E-state index < -0.39 is 5.91 Å². The molecule has 110 valence electrons. The summed E-state index contributed by atoms with van der Waals surface area (Å²) < 4.78 is 10.4. The van der Waals surface area contributed by atoms with Crippen molar-refractivity contribution >= 4 is 22.8 Å². The van der Waals surface area contributed by atoms with E-state index >= 15 is 0 Å². The molecular weight excluding hydrogens is 276 g/mol. The number of nitrogens with one attached hydrogen (secondary N) is 2. The Balaban J connectivity index is 2.34. The van der Waals surface area contributed by atoms with Crippen LogP contribution < -0.4 is 20.8 Å². The van der Waals surface area contributed by atoms with Gasteiger partial charge in [0, 0.05) is 19.2 Å². The van der Waals surface area contributed by atoms with Crippen molar-refractivity contribution in [3.05, 3.63) is 40.2 Å². The molecule has 0 aliphatic rings. The predicted molar refractivity (Wildman–Crippen MR) is 75.4 cm³/mol. The first-order chi connectivity index (χ1) is 10.0. The number of fused-ring (bicyclic) bond motifs is 1. The van der Waals surface area contributed by atoms with E-state index in [1.54, 1.807) is 12.1 Å². The van der Waals surface area contributed by atoms with E-state index in [0.29, 0.717) is 11.1 Å². The average Bonchev–Trinajstić information content (AvgIpc) is 2.51. The molecule has 1 heterocycles. The van der Waals surface area contributed by atoms with Gasteiger partial charge in [-0.05, 0) is 12.1 Å². The molecule has 0 bridgehead atoms. The highest BCUT2D eigenvalue weighted by atomic mass is 16.5. The van der Waals surface area contributed by atoms with Crippen LogP contribution in [0.25, 0.3) is 11.0 Å². The molecule has 0 unspecified atom stereocenters. The number of amides is 2. The summed E-state index contributed by atoms with van der Waals surface area (Å²) >= 11 is 0. The Labute approximate surface area is 119 Å². The van der Waals surface area contributed by atoms with Gasteiger partial charge in [0.2, 0.25) is 5.91 Å². The molecule has 7 nitrogen and oxygen atoms in total. The minimum atomic E-state index is -0.639. The normalized spacial score (nSPS) is 10.2. The summed E-state index contributed by atoms with van der Waals surface area (Å²) in [6, 6.07) is 5.80. The third kappa shape index (κ3) is 3.19. The van der Waals surface area contributed by atoms with Crippen LogP contribution in [-0.2, 0) is 4.79 Å². The Morgan fingerprint density at radius 3 is 2.71 bits per heavy atom. The van der Waals surface area contributed by atoms with Crippen LogP contribution in [0.3, 0.4) is 0 Å². The number of likely N-dealkylation sites (N-methyl/N-ethyl adjacent to an activating group) is 1. The van der Waals surface area contributed by atoms with Crippen molar-refractivity contribution in [1.82, 2.24) is 10.6 Å². The van der Waals surface area contributed by atoms with Gasteiger partial charge in [-0.3, -0.25) is 14.4 Å². The number of carbonyl (C=O) groups excluding carboxylic acids is 2. The molecule has 2 N–H and O–H groups in total. The molecule has 0 aliphatic heterocycles. The zero-order valence-corrected chi connectivity index (χ0v) is 11.6. The lowest BCUT2D eigenvalue weighted by atomic mass is 10.2. The molecule has 1 aromatic carbocycles. The number of ether oxygens (including phenoxy) is 1. The van der Waals surface area contributed by atoms with E-state index in [4.69, 9.17) is 9.15 Å². The number of carbonyl (C=O) groups is 2. The number of rotatable bonds is 4.